The third-order valence-electron chi connectivity index (χ3n) is 2.46. The van der Waals surface area contributed by atoms with Crippen molar-refractivity contribution in [2.75, 3.05) is 0 Å². The minimum atomic E-state index is -4.67. The number of carbonyl (C=O) groups excluding carboxylic acids is 1. The molecule has 0 saturated heterocycles. The lowest BCUT2D eigenvalue weighted by atomic mass is 10.1. The molecular weight excluding hydrogens is 271 g/mol. The second-order valence-electron chi connectivity index (χ2n) is 4.22. The van der Waals surface area contributed by atoms with Gasteiger partial charge in [-0.3, -0.25) is 0 Å². The molecule has 7 heteroatoms. The maximum absolute atomic E-state index is 11.0. The highest BCUT2D eigenvalue weighted by molar-refractivity contribution is 7.46. The predicted octanol–water partition coefficient (Wildman–Crippen LogP) is 2.90. The van der Waals surface area contributed by atoms with Crippen LogP contribution in [0, 0.1) is 0 Å². The van der Waals surface area contributed by atoms with E-state index < -0.39 is 20.1 Å². The molecule has 112 valence electrons. The zero-order valence-electron chi connectivity index (χ0n) is 11.3. The van der Waals surface area contributed by atoms with E-state index in [0.29, 0.717) is 6.42 Å². The number of hydrogen-bond acceptors (Lipinski definition) is 4. The SMILES string of the molecule is C=CC(=O)OC(CCCCCCCC)OP(=O)(O)O. The molecule has 0 bridgehead atoms. The number of rotatable bonds is 11. The first kappa shape index (κ1) is 18.3. The van der Waals surface area contributed by atoms with Crippen molar-refractivity contribution in [3.8, 4) is 0 Å². The van der Waals surface area contributed by atoms with Crippen LogP contribution in [0.15, 0.2) is 12.7 Å². The highest BCUT2D eigenvalue weighted by atomic mass is 31.2. The fourth-order valence-electron chi connectivity index (χ4n) is 1.56. The fourth-order valence-corrected chi connectivity index (χ4v) is 2.01. The van der Waals surface area contributed by atoms with E-state index >= 15 is 0 Å². The first-order chi connectivity index (χ1) is 8.89. The molecule has 0 aromatic carbocycles. The third-order valence-corrected chi connectivity index (χ3v) is 2.97. The number of ether oxygens (including phenoxy) is 1. The molecule has 6 nitrogen and oxygen atoms in total. The molecule has 0 rings (SSSR count). The molecule has 0 spiro atoms. The standard InChI is InChI=1S/C12H23O6P/c1-3-5-6-7-8-9-10-12(17-11(13)4-2)18-19(14,15)16/h4,12H,2-3,5-10H2,1H3,(H2,14,15,16). The van der Waals surface area contributed by atoms with Crippen molar-refractivity contribution >= 4 is 13.8 Å². The molecule has 0 saturated carbocycles. The Bertz CT molecular complexity index is 311. The average molecular weight is 294 g/mol. The van der Waals surface area contributed by atoms with E-state index in [0.717, 1.165) is 31.8 Å². The van der Waals surface area contributed by atoms with Crippen LogP contribution in [0.4, 0.5) is 0 Å². The second-order valence-corrected chi connectivity index (χ2v) is 5.41. The lowest BCUT2D eigenvalue weighted by Gasteiger charge is -2.17. The molecule has 0 radical (unpaired) electrons. The quantitative estimate of drug-likeness (QED) is 0.200. The summed E-state index contributed by atoms with van der Waals surface area (Å²) < 4.78 is 19.9. The first-order valence-electron chi connectivity index (χ1n) is 6.46. The van der Waals surface area contributed by atoms with Gasteiger partial charge in [0.2, 0.25) is 6.29 Å². The van der Waals surface area contributed by atoms with Crippen LogP contribution in [-0.4, -0.2) is 22.0 Å². The van der Waals surface area contributed by atoms with E-state index in [-0.39, 0.29) is 6.42 Å². The van der Waals surface area contributed by atoms with Crippen LogP contribution < -0.4 is 0 Å². The van der Waals surface area contributed by atoms with E-state index in [9.17, 15) is 9.36 Å². The highest BCUT2D eigenvalue weighted by Gasteiger charge is 2.24. The third kappa shape index (κ3) is 12.1. The Morgan fingerprint density at radius 3 is 2.37 bits per heavy atom. The Balaban J connectivity index is 4.01. The zero-order valence-corrected chi connectivity index (χ0v) is 12.2. The van der Waals surface area contributed by atoms with E-state index in [1.165, 1.54) is 6.42 Å². The summed E-state index contributed by atoms with van der Waals surface area (Å²) in [5.41, 5.74) is 0. The van der Waals surface area contributed by atoms with Gasteiger partial charge >= 0.3 is 13.8 Å². The average Bonchev–Trinajstić information content (AvgIpc) is 2.31. The van der Waals surface area contributed by atoms with Gasteiger partial charge in [0.25, 0.3) is 0 Å². The number of unbranched alkanes of at least 4 members (excludes halogenated alkanes) is 5. The van der Waals surface area contributed by atoms with Crippen molar-refractivity contribution in [2.45, 2.75) is 58.2 Å². The Hall–Kier alpha value is -0.680. The van der Waals surface area contributed by atoms with Crippen molar-refractivity contribution in [3.05, 3.63) is 12.7 Å². The summed E-state index contributed by atoms with van der Waals surface area (Å²) in [5.74, 6) is -0.760. The largest absolute Gasteiger partial charge is 0.472 e. The summed E-state index contributed by atoms with van der Waals surface area (Å²) in [6, 6.07) is 0. The Morgan fingerprint density at radius 1 is 1.26 bits per heavy atom. The summed E-state index contributed by atoms with van der Waals surface area (Å²) in [4.78, 5) is 28.4. The van der Waals surface area contributed by atoms with Gasteiger partial charge in [-0.1, -0.05) is 45.6 Å². The first-order valence-corrected chi connectivity index (χ1v) is 7.99. The van der Waals surface area contributed by atoms with Crippen molar-refractivity contribution in [2.24, 2.45) is 0 Å². The van der Waals surface area contributed by atoms with Gasteiger partial charge in [0.05, 0.1) is 0 Å². The highest BCUT2D eigenvalue weighted by Crippen LogP contribution is 2.38. The van der Waals surface area contributed by atoms with Gasteiger partial charge in [-0.15, -0.1) is 0 Å². The summed E-state index contributed by atoms with van der Waals surface area (Å²) in [5, 5.41) is 0. The van der Waals surface area contributed by atoms with E-state index in [1.54, 1.807) is 0 Å². The van der Waals surface area contributed by atoms with Crippen molar-refractivity contribution in [1.82, 2.24) is 0 Å². The van der Waals surface area contributed by atoms with E-state index in [1.807, 2.05) is 0 Å². The number of carbonyl (C=O) groups is 1. The van der Waals surface area contributed by atoms with Crippen LogP contribution in [0.1, 0.15) is 51.9 Å². The molecule has 0 aliphatic heterocycles. The van der Waals surface area contributed by atoms with Crippen molar-refractivity contribution < 1.29 is 28.4 Å². The Labute approximate surface area is 114 Å². The van der Waals surface area contributed by atoms with Crippen molar-refractivity contribution in [1.29, 1.82) is 0 Å². The number of phosphoric ester groups is 1. The van der Waals surface area contributed by atoms with Gasteiger partial charge in [-0.2, -0.15) is 0 Å². The normalized spacial score (nSPS) is 13.0. The van der Waals surface area contributed by atoms with Gasteiger partial charge in [0.15, 0.2) is 0 Å². The monoisotopic (exact) mass is 294 g/mol. The Kier molecular flexibility index (Phi) is 9.79. The smallest absolute Gasteiger partial charge is 0.432 e. The van der Waals surface area contributed by atoms with Crippen LogP contribution in [-0.2, 0) is 18.6 Å². The Morgan fingerprint density at radius 2 is 1.84 bits per heavy atom. The van der Waals surface area contributed by atoms with Gasteiger partial charge < -0.3 is 14.5 Å². The molecule has 0 fully saturated rings. The molecule has 19 heavy (non-hydrogen) atoms. The molecule has 2 N–H and O–H groups in total. The summed E-state index contributed by atoms with van der Waals surface area (Å²) in [6.07, 6.45) is 6.06. The minimum Gasteiger partial charge on any atom is -0.432 e. The van der Waals surface area contributed by atoms with Gasteiger partial charge in [0.1, 0.15) is 0 Å². The fraction of sp³-hybridized carbons (Fsp3) is 0.750. The van der Waals surface area contributed by atoms with Crippen LogP contribution in [0.5, 0.6) is 0 Å². The predicted molar refractivity (Wildman–Crippen MR) is 71.2 cm³/mol. The molecule has 0 amide bonds. The van der Waals surface area contributed by atoms with E-state index in [4.69, 9.17) is 14.5 Å². The number of hydrogen-bond donors (Lipinski definition) is 2. The number of esters is 1. The lowest BCUT2D eigenvalue weighted by molar-refractivity contribution is -0.160. The summed E-state index contributed by atoms with van der Waals surface area (Å²) >= 11 is 0. The van der Waals surface area contributed by atoms with Gasteiger partial charge in [-0.05, 0) is 6.42 Å². The van der Waals surface area contributed by atoms with Crippen LogP contribution >= 0.6 is 7.82 Å². The number of phosphoric acid groups is 1. The molecule has 0 heterocycles. The molecule has 0 aromatic rings. The van der Waals surface area contributed by atoms with Crippen LogP contribution in [0.25, 0.3) is 0 Å². The molecular formula is C12H23O6P. The maximum atomic E-state index is 11.0. The lowest BCUT2D eigenvalue weighted by Crippen LogP contribution is -2.19. The topological polar surface area (TPSA) is 93.1 Å². The summed E-state index contributed by atoms with van der Waals surface area (Å²) in [7, 11) is -4.67. The van der Waals surface area contributed by atoms with Crippen LogP contribution in [0.2, 0.25) is 0 Å². The van der Waals surface area contributed by atoms with Gasteiger partial charge in [-0.25, -0.2) is 13.9 Å². The van der Waals surface area contributed by atoms with E-state index in [2.05, 4.69) is 18.0 Å². The molecule has 0 aliphatic carbocycles. The molecule has 1 unspecified atom stereocenters. The van der Waals surface area contributed by atoms with Crippen molar-refractivity contribution in [3.63, 3.8) is 0 Å². The molecule has 0 aromatic heterocycles. The second kappa shape index (κ2) is 10.1. The van der Waals surface area contributed by atoms with Gasteiger partial charge in [0, 0.05) is 12.5 Å². The minimum absolute atomic E-state index is 0.261. The molecule has 1 atom stereocenters. The van der Waals surface area contributed by atoms with Crippen LogP contribution in [0.3, 0.4) is 0 Å². The maximum Gasteiger partial charge on any atom is 0.472 e. The molecule has 0 aliphatic rings. The zero-order chi connectivity index (χ0) is 14.7. The summed E-state index contributed by atoms with van der Waals surface area (Å²) in [6.45, 7) is 5.34.